The highest BCUT2D eigenvalue weighted by atomic mass is 35.5. The standard InChI is InChI=1S/C22H26ClNO3/c1-22(2,3)27-21(26)24-19(11-12-20(24)25)13-15-7-9-16(10-8-15)17-5-4-6-18(23)14-17/h4-10,14,19-20,25H,11-13H2,1-3H3/t19-,20?/m0/s1. The molecule has 1 aliphatic rings. The number of amides is 1. The fourth-order valence-corrected chi connectivity index (χ4v) is 3.61. The van der Waals surface area contributed by atoms with Crippen LogP contribution in [0.25, 0.3) is 11.1 Å². The van der Waals surface area contributed by atoms with Crippen LogP contribution in [0.5, 0.6) is 0 Å². The zero-order valence-corrected chi connectivity index (χ0v) is 16.7. The van der Waals surface area contributed by atoms with Gasteiger partial charge in [0.25, 0.3) is 0 Å². The number of carbonyl (C=O) groups excluding carboxylic acids is 1. The minimum Gasteiger partial charge on any atom is -0.444 e. The van der Waals surface area contributed by atoms with E-state index in [1.54, 1.807) is 0 Å². The molecule has 0 aliphatic carbocycles. The number of benzene rings is 2. The summed E-state index contributed by atoms with van der Waals surface area (Å²) in [6.45, 7) is 5.49. The Labute approximate surface area is 165 Å². The van der Waals surface area contributed by atoms with Gasteiger partial charge in [-0.05, 0) is 68.9 Å². The summed E-state index contributed by atoms with van der Waals surface area (Å²) in [4.78, 5) is 14.0. The van der Waals surface area contributed by atoms with Crippen LogP contribution in [0.2, 0.25) is 5.02 Å². The highest BCUT2D eigenvalue weighted by Gasteiger charge is 2.38. The minimum absolute atomic E-state index is 0.0631. The number of hydrogen-bond donors (Lipinski definition) is 1. The fraction of sp³-hybridized carbons (Fsp3) is 0.409. The van der Waals surface area contributed by atoms with Crippen LogP contribution in [0, 0.1) is 0 Å². The molecule has 1 unspecified atom stereocenters. The molecule has 0 saturated carbocycles. The molecule has 0 aromatic heterocycles. The Morgan fingerprint density at radius 2 is 1.85 bits per heavy atom. The SMILES string of the molecule is CC(C)(C)OC(=O)N1C(O)CC[C@H]1Cc1ccc(-c2cccc(Cl)c2)cc1. The van der Waals surface area contributed by atoms with Crippen LogP contribution in [0.1, 0.15) is 39.2 Å². The minimum atomic E-state index is -0.782. The monoisotopic (exact) mass is 387 g/mol. The molecule has 2 aromatic carbocycles. The van der Waals surface area contributed by atoms with E-state index in [4.69, 9.17) is 16.3 Å². The normalized spacial score (nSPS) is 20.0. The molecule has 0 radical (unpaired) electrons. The van der Waals surface area contributed by atoms with Crippen molar-refractivity contribution in [3.63, 3.8) is 0 Å². The van der Waals surface area contributed by atoms with E-state index >= 15 is 0 Å². The summed E-state index contributed by atoms with van der Waals surface area (Å²) in [6, 6.07) is 15.9. The summed E-state index contributed by atoms with van der Waals surface area (Å²) in [5.41, 5.74) is 2.70. The fourth-order valence-electron chi connectivity index (χ4n) is 3.42. The van der Waals surface area contributed by atoms with E-state index < -0.39 is 17.9 Å². The summed E-state index contributed by atoms with van der Waals surface area (Å²) in [5.74, 6) is 0. The summed E-state index contributed by atoms with van der Waals surface area (Å²) in [7, 11) is 0. The zero-order chi connectivity index (χ0) is 19.6. The molecule has 3 rings (SSSR count). The first kappa shape index (κ1) is 19.7. The van der Waals surface area contributed by atoms with Crippen molar-refractivity contribution in [3.8, 4) is 11.1 Å². The van der Waals surface area contributed by atoms with Crippen LogP contribution in [-0.4, -0.2) is 34.0 Å². The van der Waals surface area contributed by atoms with Gasteiger partial charge in [-0.15, -0.1) is 0 Å². The second-order valence-electron chi connectivity index (χ2n) is 8.01. The van der Waals surface area contributed by atoms with Crippen molar-refractivity contribution < 1.29 is 14.6 Å². The van der Waals surface area contributed by atoms with Crippen LogP contribution in [0.15, 0.2) is 48.5 Å². The van der Waals surface area contributed by atoms with Crippen LogP contribution >= 0.6 is 11.6 Å². The lowest BCUT2D eigenvalue weighted by Crippen LogP contribution is -2.44. The molecular formula is C22H26ClNO3. The van der Waals surface area contributed by atoms with Crippen molar-refractivity contribution in [2.75, 3.05) is 0 Å². The largest absolute Gasteiger partial charge is 0.444 e. The van der Waals surface area contributed by atoms with Gasteiger partial charge in [0, 0.05) is 11.1 Å². The molecule has 1 heterocycles. The number of likely N-dealkylation sites (tertiary alicyclic amines) is 1. The first-order valence-corrected chi connectivity index (χ1v) is 9.65. The number of rotatable bonds is 3. The summed E-state index contributed by atoms with van der Waals surface area (Å²) < 4.78 is 5.46. The maximum atomic E-state index is 12.5. The number of hydrogen-bond acceptors (Lipinski definition) is 3. The molecule has 0 bridgehead atoms. The van der Waals surface area contributed by atoms with E-state index in [2.05, 4.69) is 24.3 Å². The highest BCUT2D eigenvalue weighted by Crippen LogP contribution is 2.29. The number of carbonyl (C=O) groups is 1. The molecule has 1 fully saturated rings. The average Bonchev–Trinajstić information content (AvgIpc) is 2.94. The predicted octanol–water partition coefficient (Wildman–Crippen LogP) is 5.27. The number of nitrogens with zero attached hydrogens (tertiary/aromatic N) is 1. The molecule has 1 saturated heterocycles. The van der Waals surface area contributed by atoms with Gasteiger partial charge in [-0.25, -0.2) is 4.79 Å². The molecule has 144 valence electrons. The van der Waals surface area contributed by atoms with E-state index in [9.17, 15) is 9.90 Å². The first-order valence-electron chi connectivity index (χ1n) is 9.27. The summed E-state index contributed by atoms with van der Waals surface area (Å²) >= 11 is 6.07. The van der Waals surface area contributed by atoms with Crippen LogP contribution in [-0.2, 0) is 11.2 Å². The van der Waals surface area contributed by atoms with Crippen molar-refractivity contribution in [1.29, 1.82) is 0 Å². The average molecular weight is 388 g/mol. The molecule has 1 aliphatic heterocycles. The summed E-state index contributed by atoms with van der Waals surface area (Å²) in [5, 5.41) is 10.9. The van der Waals surface area contributed by atoms with Gasteiger partial charge in [0.05, 0.1) is 0 Å². The highest BCUT2D eigenvalue weighted by molar-refractivity contribution is 6.30. The molecule has 0 spiro atoms. The van der Waals surface area contributed by atoms with Crippen molar-refractivity contribution in [1.82, 2.24) is 4.90 Å². The van der Waals surface area contributed by atoms with E-state index in [1.165, 1.54) is 4.90 Å². The molecule has 5 heteroatoms. The van der Waals surface area contributed by atoms with Crippen molar-refractivity contribution in [3.05, 3.63) is 59.1 Å². The van der Waals surface area contributed by atoms with Crippen LogP contribution in [0.4, 0.5) is 4.79 Å². The molecule has 4 nitrogen and oxygen atoms in total. The number of aliphatic hydroxyl groups excluding tert-OH is 1. The van der Waals surface area contributed by atoms with Crippen LogP contribution < -0.4 is 0 Å². The Hall–Kier alpha value is -2.04. The van der Waals surface area contributed by atoms with Gasteiger partial charge < -0.3 is 9.84 Å². The second kappa shape index (κ2) is 7.91. The topological polar surface area (TPSA) is 49.8 Å². The predicted molar refractivity (Wildman–Crippen MR) is 108 cm³/mol. The van der Waals surface area contributed by atoms with Gasteiger partial charge in [-0.2, -0.15) is 0 Å². The molecule has 1 N–H and O–H groups in total. The molecular weight excluding hydrogens is 362 g/mol. The van der Waals surface area contributed by atoms with Gasteiger partial charge in [0.15, 0.2) is 0 Å². The Morgan fingerprint density at radius 3 is 2.48 bits per heavy atom. The number of halogens is 1. The number of aliphatic hydroxyl groups is 1. The zero-order valence-electron chi connectivity index (χ0n) is 16.0. The lowest BCUT2D eigenvalue weighted by molar-refractivity contribution is -0.0241. The smallest absolute Gasteiger partial charge is 0.412 e. The second-order valence-corrected chi connectivity index (χ2v) is 8.45. The lowest BCUT2D eigenvalue weighted by Gasteiger charge is -2.30. The van der Waals surface area contributed by atoms with Gasteiger partial charge in [-0.3, -0.25) is 4.90 Å². The van der Waals surface area contributed by atoms with Gasteiger partial charge in [0.1, 0.15) is 11.8 Å². The van der Waals surface area contributed by atoms with Crippen molar-refractivity contribution >= 4 is 17.7 Å². The third-order valence-electron chi connectivity index (χ3n) is 4.66. The molecule has 2 aromatic rings. The summed E-state index contributed by atoms with van der Waals surface area (Å²) in [6.07, 6.45) is 0.788. The maximum absolute atomic E-state index is 12.5. The Morgan fingerprint density at radius 1 is 1.15 bits per heavy atom. The van der Waals surface area contributed by atoms with Crippen molar-refractivity contribution in [2.45, 2.75) is 57.9 Å². The Kier molecular flexibility index (Phi) is 5.78. The van der Waals surface area contributed by atoms with Gasteiger partial charge >= 0.3 is 6.09 Å². The quantitative estimate of drug-likeness (QED) is 0.780. The van der Waals surface area contributed by atoms with Gasteiger partial charge in [-0.1, -0.05) is 48.0 Å². The Bertz CT molecular complexity index is 798. The molecule has 1 amide bonds. The molecule has 27 heavy (non-hydrogen) atoms. The van der Waals surface area contributed by atoms with E-state index in [0.717, 1.165) is 23.1 Å². The lowest BCUT2D eigenvalue weighted by atomic mass is 10.00. The van der Waals surface area contributed by atoms with E-state index in [1.807, 2.05) is 45.0 Å². The van der Waals surface area contributed by atoms with Crippen molar-refractivity contribution in [2.24, 2.45) is 0 Å². The van der Waals surface area contributed by atoms with E-state index in [-0.39, 0.29) is 6.04 Å². The Balaban J connectivity index is 1.71. The molecule has 2 atom stereocenters. The maximum Gasteiger partial charge on any atom is 0.412 e. The first-order chi connectivity index (χ1) is 12.7. The van der Waals surface area contributed by atoms with Crippen LogP contribution in [0.3, 0.4) is 0 Å². The third kappa shape index (κ3) is 5.02. The number of ether oxygens (including phenoxy) is 1. The van der Waals surface area contributed by atoms with E-state index in [0.29, 0.717) is 17.9 Å². The third-order valence-corrected chi connectivity index (χ3v) is 4.90. The van der Waals surface area contributed by atoms with Gasteiger partial charge in [0.2, 0.25) is 0 Å².